The van der Waals surface area contributed by atoms with Gasteiger partial charge in [0.2, 0.25) is 0 Å². The number of hydrogen-bond donors (Lipinski definition) is 1. The number of rotatable bonds is 3. The van der Waals surface area contributed by atoms with Crippen LogP contribution in [0, 0.1) is 0 Å². The fourth-order valence-corrected chi connectivity index (χ4v) is 2.63. The number of amides is 2. The first-order valence-corrected chi connectivity index (χ1v) is 6.89. The minimum atomic E-state index is -0.935. The highest BCUT2D eigenvalue weighted by atomic mass is 16.4. The van der Waals surface area contributed by atoms with Crippen LogP contribution in [0.2, 0.25) is 0 Å². The molecule has 2 unspecified atom stereocenters. The van der Waals surface area contributed by atoms with Crippen molar-refractivity contribution in [3.05, 3.63) is 0 Å². The summed E-state index contributed by atoms with van der Waals surface area (Å²) >= 11 is 0. The van der Waals surface area contributed by atoms with Gasteiger partial charge in [0.1, 0.15) is 6.54 Å². The predicted molar refractivity (Wildman–Crippen MR) is 71.0 cm³/mol. The molecule has 1 N–H and O–H groups in total. The molecule has 1 aliphatic carbocycles. The van der Waals surface area contributed by atoms with Crippen LogP contribution in [0.25, 0.3) is 0 Å². The quantitative estimate of drug-likeness (QED) is 0.818. The lowest BCUT2D eigenvalue weighted by molar-refractivity contribution is -0.137. The molecule has 1 heterocycles. The smallest absolute Gasteiger partial charge is 0.323 e. The van der Waals surface area contributed by atoms with E-state index in [2.05, 4.69) is 25.8 Å². The van der Waals surface area contributed by atoms with Crippen LogP contribution < -0.4 is 0 Å². The number of carboxylic acids is 1. The van der Waals surface area contributed by atoms with E-state index < -0.39 is 5.97 Å². The van der Waals surface area contributed by atoms with E-state index in [-0.39, 0.29) is 18.6 Å². The van der Waals surface area contributed by atoms with E-state index in [1.54, 1.807) is 4.90 Å². The summed E-state index contributed by atoms with van der Waals surface area (Å²) in [6.45, 7) is 5.34. The lowest BCUT2D eigenvalue weighted by Gasteiger charge is -2.43. The lowest BCUT2D eigenvalue weighted by atomic mass is 10.1. The molecule has 0 spiro atoms. The summed E-state index contributed by atoms with van der Waals surface area (Å²) in [7, 11) is 2.06. The Morgan fingerprint density at radius 2 is 1.74 bits per heavy atom. The second kappa shape index (κ2) is 5.36. The number of likely N-dealkylation sites (N-methyl/N-ethyl adjacent to an activating group) is 1. The Bertz CT molecular complexity index is 358. The van der Waals surface area contributed by atoms with Gasteiger partial charge in [-0.2, -0.15) is 0 Å². The molecule has 2 aliphatic rings. The molecule has 0 aromatic carbocycles. The van der Waals surface area contributed by atoms with Gasteiger partial charge < -0.3 is 14.9 Å². The van der Waals surface area contributed by atoms with Crippen LogP contribution >= 0.6 is 0 Å². The molecule has 108 valence electrons. The van der Waals surface area contributed by atoms with Crippen molar-refractivity contribution in [2.24, 2.45) is 0 Å². The molecule has 1 aliphatic heterocycles. The second-order valence-electron chi connectivity index (χ2n) is 5.80. The molecule has 6 nitrogen and oxygen atoms in total. The number of aliphatic carboxylic acids is 1. The number of piperazine rings is 1. The lowest BCUT2D eigenvalue weighted by Crippen LogP contribution is -2.59. The second-order valence-corrected chi connectivity index (χ2v) is 5.80. The highest BCUT2D eigenvalue weighted by molar-refractivity contribution is 5.81. The van der Waals surface area contributed by atoms with Crippen molar-refractivity contribution in [1.29, 1.82) is 0 Å². The zero-order valence-electron chi connectivity index (χ0n) is 11.9. The van der Waals surface area contributed by atoms with Gasteiger partial charge in [-0.3, -0.25) is 9.69 Å². The number of urea groups is 1. The summed E-state index contributed by atoms with van der Waals surface area (Å²) < 4.78 is 0. The summed E-state index contributed by atoms with van der Waals surface area (Å²) in [6, 6.07) is 0.628. The topological polar surface area (TPSA) is 64.1 Å². The standard InChI is InChI=1S/C13H23N3O3/c1-9-6-15(7-10(2)14(9)3)13(19)16(8-12(17)18)11-4-5-11/h9-11H,4-8H2,1-3H3,(H,17,18). The van der Waals surface area contributed by atoms with E-state index >= 15 is 0 Å². The van der Waals surface area contributed by atoms with E-state index in [0.29, 0.717) is 25.2 Å². The van der Waals surface area contributed by atoms with E-state index in [9.17, 15) is 9.59 Å². The molecule has 2 fully saturated rings. The van der Waals surface area contributed by atoms with Gasteiger partial charge in [-0.25, -0.2) is 4.79 Å². The zero-order valence-corrected chi connectivity index (χ0v) is 11.9. The summed E-state index contributed by atoms with van der Waals surface area (Å²) in [5, 5.41) is 8.93. The maximum absolute atomic E-state index is 12.5. The number of carboxylic acid groups (broad SMARTS) is 1. The maximum atomic E-state index is 12.5. The molecule has 2 rings (SSSR count). The third kappa shape index (κ3) is 3.18. The van der Waals surface area contributed by atoms with Crippen LogP contribution in [0.5, 0.6) is 0 Å². The largest absolute Gasteiger partial charge is 0.480 e. The Morgan fingerprint density at radius 1 is 1.21 bits per heavy atom. The highest BCUT2D eigenvalue weighted by Crippen LogP contribution is 2.28. The van der Waals surface area contributed by atoms with Crippen molar-refractivity contribution in [2.45, 2.75) is 44.8 Å². The average Bonchev–Trinajstić information content (AvgIpc) is 3.15. The van der Waals surface area contributed by atoms with Crippen LogP contribution in [0.1, 0.15) is 26.7 Å². The number of carbonyl (C=O) groups excluding carboxylic acids is 1. The molecule has 2 atom stereocenters. The van der Waals surface area contributed by atoms with Gasteiger partial charge in [-0.05, 0) is 33.7 Å². The summed E-state index contributed by atoms with van der Waals surface area (Å²) in [5.74, 6) is -0.935. The first kappa shape index (κ1) is 14.1. The van der Waals surface area contributed by atoms with E-state index in [1.165, 1.54) is 4.90 Å². The third-order valence-electron chi connectivity index (χ3n) is 4.17. The van der Waals surface area contributed by atoms with Crippen molar-refractivity contribution in [2.75, 3.05) is 26.7 Å². The first-order chi connectivity index (χ1) is 8.90. The van der Waals surface area contributed by atoms with Crippen molar-refractivity contribution in [3.8, 4) is 0 Å². The molecule has 0 bridgehead atoms. The molecule has 1 saturated carbocycles. The zero-order chi connectivity index (χ0) is 14.2. The van der Waals surface area contributed by atoms with Crippen molar-refractivity contribution in [3.63, 3.8) is 0 Å². The monoisotopic (exact) mass is 269 g/mol. The van der Waals surface area contributed by atoms with Crippen molar-refractivity contribution in [1.82, 2.24) is 14.7 Å². The van der Waals surface area contributed by atoms with Crippen molar-refractivity contribution >= 4 is 12.0 Å². The molecule has 1 saturated heterocycles. The van der Waals surface area contributed by atoms with Gasteiger partial charge in [0.25, 0.3) is 0 Å². The maximum Gasteiger partial charge on any atom is 0.323 e. The fourth-order valence-electron chi connectivity index (χ4n) is 2.63. The van der Waals surface area contributed by atoms with E-state index in [4.69, 9.17) is 5.11 Å². The normalized spacial score (nSPS) is 28.3. The predicted octanol–water partition coefficient (Wildman–Crippen LogP) is 0.680. The Balaban J connectivity index is 2.03. The molecule has 6 heteroatoms. The number of carbonyl (C=O) groups is 2. The summed E-state index contributed by atoms with van der Waals surface area (Å²) in [4.78, 5) is 28.9. The molecule has 0 aromatic rings. The van der Waals surface area contributed by atoms with Crippen LogP contribution in [-0.4, -0.2) is 76.6 Å². The number of hydrogen-bond acceptors (Lipinski definition) is 3. The minimum absolute atomic E-state index is 0.114. The van der Waals surface area contributed by atoms with Gasteiger partial charge in [-0.15, -0.1) is 0 Å². The average molecular weight is 269 g/mol. The van der Waals surface area contributed by atoms with E-state index in [1.807, 2.05) is 0 Å². The first-order valence-electron chi connectivity index (χ1n) is 6.89. The van der Waals surface area contributed by atoms with Crippen LogP contribution in [0.4, 0.5) is 4.79 Å². The molecule has 2 amide bonds. The Morgan fingerprint density at radius 3 is 2.16 bits per heavy atom. The Kier molecular flexibility index (Phi) is 3.99. The fraction of sp³-hybridized carbons (Fsp3) is 0.846. The molecule has 19 heavy (non-hydrogen) atoms. The van der Waals surface area contributed by atoms with Crippen LogP contribution in [0.15, 0.2) is 0 Å². The summed E-state index contributed by atoms with van der Waals surface area (Å²) in [6.07, 6.45) is 1.86. The van der Waals surface area contributed by atoms with E-state index in [0.717, 1.165) is 12.8 Å². The van der Waals surface area contributed by atoms with Crippen LogP contribution in [-0.2, 0) is 4.79 Å². The molecule has 0 aromatic heterocycles. The van der Waals surface area contributed by atoms with Gasteiger partial charge in [-0.1, -0.05) is 0 Å². The third-order valence-corrected chi connectivity index (χ3v) is 4.17. The highest BCUT2D eigenvalue weighted by Gasteiger charge is 2.38. The van der Waals surface area contributed by atoms with Gasteiger partial charge in [0.05, 0.1) is 0 Å². The minimum Gasteiger partial charge on any atom is -0.480 e. The summed E-state index contributed by atoms with van der Waals surface area (Å²) in [5.41, 5.74) is 0. The van der Waals surface area contributed by atoms with Crippen LogP contribution in [0.3, 0.4) is 0 Å². The Labute approximate surface area is 114 Å². The Hall–Kier alpha value is -1.30. The van der Waals surface area contributed by atoms with Gasteiger partial charge in [0, 0.05) is 31.2 Å². The SMILES string of the molecule is CC1CN(C(=O)N(CC(=O)O)C2CC2)CC(C)N1C. The van der Waals surface area contributed by atoms with Crippen molar-refractivity contribution < 1.29 is 14.7 Å². The molecular weight excluding hydrogens is 246 g/mol. The molecule has 0 radical (unpaired) electrons. The number of nitrogens with zero attached hydrogens (tertiary/aromatic N) is 3. The van der Waals surface area contributed by atoms with Gasteiger partial charge in [0.15, 0.2) is 0 Å². The van der Waals surface area contributed by atoms with Gasteiger partial charge >= 0.3 is 12.0 Å². The molecular formula is C13H23N3O3.